The van der Waals surface area contributed by atoms with Gasteiger partial charge in [0.15, 0.2) is 0 Å². The molecule has 0 saturated heterocycles. The molecule has 2 aromatic carbocycles. The normalized spacial score (nSPS) is 13.8. The maximum absolute atomic E-state index is 6.05. The molecule has 0 amide bonds. The van der Waals surface area contributed by atoms with Crippen molar-refractivity contribution < 1.29 is 9.47 Å². The minimum absolute atomic E-state index is 0.0768. The second-order valence-electron chi connectivity index (χ2n) is 4.85. The summed E-state index contributed by atoms with van der Waals surface area (Å²) in [5.74, 6) is 0.834. The van der Waals surface area contributed by atoms with Crippen LogP contribution in [0.3, 0.4) is 0 Å². The van der Waals surface area contributed by atoms with Crippen molar-refractivity contribution in [1.29, 1.82) is 0 Å². The van der Waals surface area contributed by atoms with E-state index in [1.165, 1.54) is 0 Å². The zero-order chi connectivity index (χ0) is 14.4. The maximum Gasteiger partial charge on any atom is 0.118 e. The fourth-order valence-electron chi connectivity index (χ4n) is 2.11. The molecule has 0 radical (unpaired) electrons. The van der Waals surface area contributed by atoms with Crippen molar-refractivity contribution in [1.82, 2.24) is 0 Å². The number of hydrogen-bond acceptors (Lipinski definition) is 3. The Kier molecular flexibility index (Phi) is 5.16. The van der Waals surface area contributed by atoms with Crippen LogP contribution in [0, 0.1) is 0 Å². The van der Waals surface area contributed by atoms with E-state index in [1.54, 1.807) is 7.11 Å². The second-order valence-corrected chi connectivity index (χ2v) is 4.85. The predicted octanol–water partition coefficient (Wildman–Crippen LogP) is 3.30. The second kappa shape index (κ2) is 7.08. The van der Waals surface area contributed by atoms with Crippen LogP contribution in [0.2, 0.25) is 0 Å². The van der Waals surface area contributed by atoms with E-state index < -0.39 is 0 Å². The first-order valence-electron chi connectivity index (χ1n) is 6.76. The number of methoxy groups -OCH3 is 1. The highest BCUT2D eigenvalue weighted by atomic mass is 16.5. The Morgan fingerprint density at radius 3 is 2.20 bits per heavy atom. The van der Waals surface area contributed by atoms with Crippen molar-refractivity contribution in [3.8, 4) is 5.75 Å². The Bertz CT molecular complexity index is 508. The largest absolute Gasteiger partial charge is 0.497 e. The van der Waals surface area contributed by atoms with Crippen LogP contribution in [0.15, 0.2) is 54.6 Å². The van der Waals surface area contributed by atoms with E-state index in [0.29, 0.717) is 6.61 Å². The van der Waals surface area contributed by atoms with E-state index in [4.69, 9.17) is 15.2 Å². The van der Waals surface area contributed by atoms with Gasteiger partial charge in [0.05, 0.1) is 19.8 Å². The molecule has 0 fully saturated rings. The van der Waals surface area contributed by atoms with Gasteiger partial charge >= 0.3 is 0 Å². The Balaban J connectivity index is 2.06. The fourth-order valence-corrected chi connectivity index (χ4v) is 2.11. The first kappa shape index (κ1) is 14.6. The lowest BCUT2D eigenvalue weighted by Gasteiger charge is -2.22. The van der Waals surface area contributed by atoms with Crippen LogP contribution in [0.5, 0.6) is 5.75 Å². The monoisotopic (exact) mass is 271 g/mol. The van der Waals surface area contributed by atoms with Crippen molar-refractivity contribution in [2.75, 3.05) is 7.11 Å². The van der Waals surface area contributed by atoms with Gasteiger partial charge in [0.25, 0.3) is 0 Å². The van der Waals surface area contributed by atoms with Gasteiger partial charge < -0.3 is 15.2 Å². The highest BCUT2D eigenvalue weighted by Gasteiger charge is 2.17. The van der Waals surface area contributed by atoms with Crippen molar-refractivity contribution in [3.05, 3.63) is 65.7 Å². The molecule has 0 bridgehead atoms. The Morgan fingerprint density at radius 2 is 1.65 bits per heavy atom. The summed E-state index contributed by atoms with van der Waals surface area (Å²) in [6.45, 7) is 2.51. The molecule has 3 heteroatoms. The van der Waals surface area contributed by atoms with Crippen molar-refractivity contribution >= 4 is 0 Å². The van der Waals surface area contributed by atoms with E-state index in [0.717, 1.165) is 16.9 Å². The summed E-state index contributed by atoms with van der Waals surface area (Å²) in [6, 6.07) is 17.9. The first-order valence-corrected chi connectivity index (χ1v) is 6.76. The summed E-state index contributed by atoms with van der Waals surface area (Å²) in [4.78, 5) is 0. The molecule has 0 heterocycles. The summed E-state index contributed by atoms with van der Waals surface area (Å²) >= 11 is 0. The molecule has 2 rings (SSSR count). The molecule has 0 aromatic heterocycles. The van der Waals surface area contributed by atoms with Crippen LogP contribution >= 0.6 is 0 Å². The molecule has 3 nitrogen and oxygen atoms in total. The van der Waals surface area contributed by atoms with Gasteiger partial charge in [-0.05, 0) is 30.2 Å². The van der Waals surface area contributed by atoms with Crippen molar-refractivity contribution in [2.45, 2.75) is 25.7 Å². The van der Waals surface area contributed by atoms with Crippen LogP contribution in [0.4, 0.5) is 0 Å². The molecule has 0 aliphatic carbocycles. The minimum Gasteiger partial charge on any atom is -0.497 e. The fraction of sp³-hybridized carbons (Fsp3) is 0.294. The third kappa shape index (κ3) is 3.83. The van der Waals surface area contributed by atoms with Gasteiger partial charge in [0.1, 0.15) is 5.75 Å². The molecule has 2 aromatic rings. The quantitative estimate of drug-likeness (QED) is 0.876. The molecule has 20 heavy (non-hydrogen) atoms. The van der Waals surface area contributed by atoms with Crippen LogP contribution in [0.25, 0.3) is 0 Å². The van der Waals surface area contributed by atoms with Crippen LogP contribution in [-0.2, 0) is 11.3 Å². The minimum atomic E-state index is -0.124. The molecule has 0 saturated carbocycles. The number of ether oxygens (including phenoxy) is 2. The molecule has 106 valence electrons. The highest BCUT2D eigenvalue weighted by Crippen LogP contribution is 2.24. The first-order chi connectivity index (χ1) is 9.70. The van der Waals surface area contributed by atoms with Gasteiger partial charge in [0, 0.05) is 6.04 Å². The molecular weight excluding hydrogens is 250 g/mol. The number of nitrogens with two attached hydrogens (primary N) is 1. The molecular formula is C17H21NO2. The Hall–Kier alpha value is -1.84. The standard InChI is InChI=1S/C17H21NO2/c1-13(18)17(15-8-10-16(19-2)11-9-15)20-12-14-6-4-3-5-7-14/h3-11,13,17H,12,18H2,1-2H3. The summed E-state index contributed by atoms with van der Waals surface area (Å²) in [6.07, 6.45) is -0.124. The summed E-state index contributed by atoms with van der Waals surface area (Å²) < 4.78 is 11.1. The molecule has 2 N–H and O–H groups in total. The van der Waals surface area contributed by atoms with Crippen molar-refractivity contribution in [3.63, 3.8) is 0 Å². The Morgan fingerprint density at radius 1 is 1.00 bits per heavy atom. The van der Waals surface area contributed by atoms with Gasteiger partial charge in [0.2, 0.25) is 0 Å². The van der Waals surface area contributed by atoms with Gasteiger partial charge in [-0.2, -0.15) is 0 Å². The van der Waals surface area contributed by atoms with E-state index >= 15 is 0 Å². The zero-order valence-electron chi connectivity index (χ0n) is 12.0. The van der Waals surface area contributed by atoms with Gasteiger partial charge in [-0.15, -0.1) is 0 Å². The van der Waals surface area contributed by atoms with Crippen molar-refractivity contribution in [2.24, 2.45) is 5.73 Å². The van der Waals surface area contributed by atoms with Gasteiger partial charge in [-0.1, -0.05) is 42.5 Å². The number of rotatable bonds is 6. The lowest BCUT2D eigenvalue weighted by Crippen LogP contribution is -2.26. The van der Waals surface area contributed by atoms with E-state index in [2.05, 4.69) is 0 Å². The molecule has 2 unspecified atom stereocenters. The molecule has 0 aliphatic heterocycles. The van der Waals surface area contributed by atoms with E-state index in [1.807, 2.05) is 61.5 Å². The Labute approximate surface area is 120 Å². The number of hydrogen-bond donors (Lipinski definition) is 1. The third-order valence-corrected chi connectivity index (χ3v) is 3.19. The number of benzene rings is 2. The molecule has 2 atom stereocenters. The smallest absolute Gasteiger partial charge is 0.118 e. The topological polar surface area (TPSA) is 44.5 Å². The average Bonchev–Trinajstić information content (AvgIpc) is 2.49. The summed E-state index contributed by atoms with van der Waals surface area (Å²) in [7, 11) is 1.66. The van der Waals surface area contributed by atoms with E-state index in [-0.39, 0.29) is 12.1 Å². The molecule has 0 spiro atoms. The van der Waals surface area contributed by atoms with Crippen LogP contribution in [0.1, 0.15) is 24.2 Å². The lowest BCUT2D eigenvalue weighted by atomic mass is 10.0. The highest BCUT2D eigenvalue weighted by molar-refractivity contribution is 5.29. The molecule has 0 aliphatic rings. The summed E-state index contributed by atoms with van der Waals surface area (Å²) in [5.41, 5.74) is 8.26. The SMILES string of the molecule is COc1ccc(C(OCc2ccccc2)C(C)N)cc1. The summed E-state index contributed by atoms with van der Waals surface area (Å²) in [5, 5.41) is 0. The maximum atomic E-state index is 6.05. The predicted molar refractivity (Wildman–Crippen MR) is 80.6 cm³/mol. The van der Waals surface area contributed by atoms with E-state index in [9.17, 15) is 0 Å². The zero-order valence-corrected chi connectivity index (χ0v) is 12.0. The van der Waals surface area contributed by atoms with Gasteiger partial charge in [-0.25, -0.2) is 0 Å². The van der Waals surface area contributed by atoms with Gasteiger partial charge in [-0.3, -0.25) is 0 Å². The van der Waals surface area contributed by atoms with Crippen LogP contribution in [-0.4, -0.2) is 13.2 Å². The lowest BCUT2D eigenvalue weighted by molar-refractivity contribution is 0.0259. The average molecular weight is 271 g/mol. The third-order valence-electron chi connectivity index (χ3n) is 3.19. The van der Waals surface area contributed by atoms with Crippen LogP contribution < -0.4 is 10.5 Å².